The maximum atomic E-state index is 13.2. The number of para-hydroxylation sites is 1. The number of hydrogen-bond donors (Lipinski definition) is 1. The normalized spacial score (nSPS) is 12.9. The maximum Gasteiger partial charge on any atom is 0.146 e. The monoisotopic (exact) mass is 195 g/mol. The van der Waals surface area contributed by atoms with Crippen molar-refractivity contribution in [2.24, 2.45) is 5.92 Å². The first kappa shape index (κ1) is 11.0. The SMILES string of the molecule is CC(C)C[C@@H](C)Nc1ccccc1F. The van der Waals surface area contributed by atoms with E-state index in [0.29, 0.717) is 17.6 Å². The van der Waals surface area contributed by atoms with E-state index in [1.54, 1.807) is 12.1 Å². The van der Waals surface area contributed by atoms with Gasteiger partial charge in [-0.3, -0.25) is 0 Å². The molecule has 1 aromatic carbocycles. The summed E-state index contributed by atoms with van der Waals surface area (Å²) in [6.45, 7) is 6.41. The second-order valence-corrected chi connectivity index (χ2v) is 4.15. The highest BCUT2D eigenvalue weighted by atomic mass is 19.1. The largest absolute Gasteiger partial charge is 0.380 e. The minimum absolute atomic E-state index is 0.178. The highest BCUT2D eigenvalue weighted by Crippen LogP contribution is 2.16. The fraction of sp³-hybridized carbons (Fsp3) is 0.500. The average Bonchev–Trinajstić information content (AvgIpc) is 2.07. The topological polar surface area (TPSA) is 12.0 Å². The Balaban J connectivity index is 2.56. The molecule has 1 atom stereocenters. The smallest absolute Gasteiger partial charge is 0.146 e. The summed E-state index contributed by atoms with van der Waals surface area (Å²) in [5.41, 5.74) is 0.598. The van der Waals surface area contributed by atoms with Crippen LogP contribution in [-0.2, 0) is 0 Å². The zero-order valence-electron chi connectivity index (χ0n) is 9.05. The first-order valence-electron chi connectivity index (χ1n) is 5.10. The van der Waals surface area contributed by atoms with Gasteiger partial charge in [-0.2, -0.15) is 0 Å². The number of nitrogens with one attached hydrogen (secondary N) is 1. The van der Waals surface area contributed by atoms with Gasteiger partial charge in [0.25, 0.3) is 0 Å². The van der Waals surface area contributed by atoms with Crippen molar-refractivity contribution in [3.05, 3.63) is 30.1 Å². The molecule has 0 heterocycles. The van der Waals surface area contributed by atoms with Crippen LogP contribution in [0, 0.1) is 11.7 Å². The molecule has 0 saturated heterocycles. The van der Waals surface area contributed by atoms with Gasteiger partial charge >= 0.3 is 0 Å². The first-order chi connectivity index (χ1) is 6.59. The van der Waals surface area contributed by atoms with Crippen LogP contribution in [0.15, 0.2) is 24.3 Å². The highest BCUT2D eigenvalue weighted by molar-refractivity contribution is 5.44. The van der Waals surface area contributed by atoms with Gasteiger partial charge in [0.05, 0.1) is 5.69 Å². The van der Waals surface area contributed by atoms with Crippen molar-refractivity contribution in [1.29, 1.82) is 0 Å². The van der Waals surface area contributed by atoms with Crippen molar-refractivity contribution < 1.29 is 4.39 Å². The van der Waals surface area contributed by atoms with Crippen LogP contribution in [0.3, 0.4) is 0 Å². The van der Waals surface area contributed by atoms with Crippen LogP contribution < -0.4 is 5.32 Å². The summed E-state index contributed by atoms with van der Waals surface area (Å²) in [6, 6.07) is 7.10. The summed E-state index contributed by atoms with van der Waals surface area (Å²) in [5, 5.41) is 3.17. The van der Waals surface area contributed by atoms with Gasteiger partial charge in [0, 0.05) is 6.04 Å². The fourth-order valence-electron chi connectivity index (χ4n) is 1.61. The molecule has 0 aliphatic heterocycles. The number of benzene rings is 1. The van der Waals surface area contributed by atoms with Crippen molar-refractivity contribution in [3.8, 4) is 0 Å². The standard InChI is InChI=1S/C12H18FN/c1-9(2)8-10(3)14-12-7-5-4-6-11(12)13/h4-7,9-10,14H,8H2,1-3H3/t10-/m1/s1. The van der Waals surface area contributed by atoms with Crippen LogP contribution >= 0.6 is 0 Å². The van der Waals surface area contributed by atoms with Crippen LogP contribution in [0.25, 0.3) is 0 Å². The van der Waals surface area contributed by atoms with Crippen molar-refractivity contribution in [1.82, 2.24) is 0 Å². The molecule has 1 nitrogen and oxygen atoms in total. The minimum Gasteiger partial charge on any atom is -0.380 e. The predicted octanol–water partition coefficient (Wildman–Crippen LogP) is 3.67. The van der Waals surface area contributed by atoms with E-state index in [0.717, 1.165) is 6.42 Å². The molecule has 0 spiro atoms. The van der Waals surface area contributed by atoms with E-state index < -0.39 is 0 Å². The van der Waals surface area contributed by atoms with Crippen LogP contribution in [0.5, 0.6) is 0 Å². The minimum atomic E-state index is -0.178. The van der Waals surface area contributed by atoms with Gasteiger partial charge in [0.1, 0.15) is 5.82 Å². The van der Waals surface area contributed by atoms with E-state index >= 15 is 0 Å². The molecule has 0 saturated carbocycles. The van der Waals surface area contributed by atoms with Crippen LogP contribution in [-0.4, -0.2) is 6.04 Å². The van der Waals surface area contributed by atoms with Gasteiger partial charge in [0.2, 0.25) is 0 Å². The summed E-state index contributed by atoms with van der Waals surface area (Å²) in [5.74, 6) is 0.451. The fourth-order valence-corrected chi connectivity index (χ4v) is 1.61. The van der Waals surface area contributed by atoms with E-state index in [9.17, 15) is 4.39 Å². The number of anilines is 1. The Morgan fingerprint density at radius 2 is 1.86 bits per heavy atom. The highest BCUT2D eigenvalue weighted by Gasteiger charge is 2.06. The van der Waals surface area contributed by atoms with Gasteiger partial charge in [-0.1, -0.05) is 26.0 Å². The van der Waals surface area contributed by atoms with Gasteiger partial charge in [-0.15, -0.1) is 0 Å². The van der Waals surface area contributed by atoms with Crippen molar-refractivity contribution in [2.45, 2.75) is 33.2 Å². The molecule has 0 fully saturated rings. The predicted molar refractivity (Wildman–Crippen MR) is 58.9 cm³/mol. The first-order valence-corrected chi connectivity index (χ1v) is 5.10. The van der Waals surface area contributed by atoms with Gasteiger partial charge in [-0.05, 0) is 31.4 Å². The lowest BCUT2D eigenvalue weighted by molar-refractivity contribution is 0.536. The summed E-state index contributed by atoms with van der Waals surface area (Å²) in [6.07, 6.45) is 1.05. The van der Waals surface area contributed by atoms with E-state index in [4.69, 9.17) is 0 Å². The van der Waals surface area contributed by atoms with Crippen LogP contribution in [0.4, 0.5) is 10.1 Å². The molecule has 1 aromatic rings. The zero-order valence-corrected chi connectivity index (χ0v) is 9.05. The molecule has 0 bridgehead atoms. The molecule has 1 rings (SSSR count). The van der Waals surface area contributed by atoms with Crippen LogP contribution in [0.2, 0.25) is 0 Å². The van der Waals surface area contributed by atoms with Gasteiger partial charge < -0.3 is 5.32 Å². The van der Waals surface area contributed by atoms with E-state index in [1.165, 1.54) is 6.07 Å². The summed E-state index contributed by atoms with van der Waals surface area (Å²) >= 11 is 0. The summed E-state index contributed by atoms with van der Waals surface area (Å²) < 4.78 is 13.2. The molecule has 0 aliphatic rings. The number of rotatable bonds is 4. The van der Waals surface area contributed by atoms with Crippen LogP contribution in [0.1, 0.15) is 27.2 Å². The summed E-state index contributed by atoms with van der Waals surface area (Å²) in [4.78, 5) is 0. The number of halogens is 1. The second kappa shape index (κ2) is 4.99. The quantitative estimate of drug-likeness (QED) is 0.773. The molecular formula is C12H18FN. The Morgan fingerprint density at radius 1 is 1.21 bits per heavy atom. The third-order valence-electron chi connectivity index (χ3n) is 2.10. The molecule has 78 valence electrons. The third-order valence-corrected chi connectivity index (χ3v) is 2.10. The summed E-state index contributed by atoms with van der Waals surface area (Å²) in [7, 11) is 0. The second-order valence-electron chi connectivity index (χ2n) is 4.15. The Morgan fingerprint density at radius 3 is 2.43 bits per heavy atom. The van der Waals surface area contributed by atoms with Gasteiger partial charge in [0.15, 0.2) is 0 Å². The van der Waals surface area contributed by atoms with Crippen molar-refractivity contribution in [2.75, 3.05) is 5.32 Å². The molecule has 0 radical (unpaired) electrons. The molecule has 0 amide bonds. The van der Waals surface area contributed by atoms with E-state index in [-0.39, 0.29) is 5.82 Å². The molecule has 2 heteroatoms. The lowest BCUT2D eigenvalue weighted by Crippen LogP contribution is -2.18. The van der Waals surface area contributed by atoms with E-state index in [1.807, 2.05) is 6.07 Å². The average molecular weight is 195 g/mol. The molecule has 14 heavy (non-hydrogen) atoms. The Kier molecular flexibility index (Phi) is 3.93. The molecular weight excluding hydrogens is 177 g/mol. The molecule has 0 aromatic heterocycles. The molecule has 0 aliphatic carbocycles. The third kappa shape index (κ3) is 3.36. The number of hydrogen-bond acceptors (Lipinski definition) is 1. The van der Waals surface area contributed by atoms with Crippen molar-refractivity contribution in [3.63, 3.8) is 0 Å². The molecule has 1 N–H and O–H groups in total. The molecule has 0 unspecified atom stereocenters. The van der Waals surface area contributed by atoms with Gasteiger partial charge in [-0.25, -0.2) is 4.39 Å². The maximum absolute atomic E-state index is 13.2. The Labute approximate surface area is 85.3 Å². The van der Waals surface area contributed by atoms with Crippen molar-refractivity contribution >= 4 is 5.69 Å². The Hall–Kier alpha value is -1.05. The zero-order chi connectivity index (χ0) is 10.6. The van der Waals surface area contributed by atoms with E-state index in [2.05, 4.69) is 26.1 Å². The lowest BCUT2D eigenvalue weighted by atomic mass is 10.1. The Bertz CT molecular complexity index is 283. The lowest BCUT2D eigenvalue weighted by Gasteiger charge is -2.17.